The topological polar surface area (TPSA) is 80.1 Å². The summed E-state index contributed by atoms with van der Waals surface area (Å²) in [5.74, 6) is -0.210. The summed E-state index contributed by atoms with van der Waals surface area (Å²) < 4.78 is 1.76. The lowest BCUT2D eigenvalue weighted by Crippen LogP contribution is -2.51. The number of rotatable bonds is 5. The van der Waals surface area contributed by atoms with Crippen molar-refractivity contribution in [1.29, 1.82) is 0 Å². The van der Waals surface area contributed by atoms with Crippen molar-refractivity contribution in [1.82, 2.24) is 25.0 Å². The van der Waals surface area contributed by atoms with Crippen molar-refractivity contribution in [3.8, 4) is 0 Å². The molecule has 2 aromatic carbocycles. The Hall–Kier alpha value is -3.48. The highest BCUT2D eigenvalue weighted by Gasteiger charge is 2.32. The molecule has 0 spiro atoms. The van der Waals surface area contributed by atoms with Crippen LogP contribution in [0.1, 0.15) is 29.2 Å². The van der Waals surface area contributed by atoms with Gasteiger partial charge in [-0.3, -0.25) is 9.59 Å². The third-order valence-corrected chi connectivity index (χ3v) is 5.26. The molecule has 7 heteroatoms. The van der Waals surface area contributed by atoms with E-state index in [1.807, 2.05) is 48.5 Å². The number of hydrogen-bond acceptors (Lipinski definition) is 4. The van der Waals surface area contributed by atoms with Crippen molar-refractivity contribution in [3.63, 3.8) is 0 Å². The molecule has 1 aromatic heterocycles. The van der Waals surface area contributed by atoms with Crippen LogP contribution >= 0.6 is 0 Å². The van der Waals surface area contributed by atoms with Gasteiger partial charge in [0, 0.05) is 26.4 Å². The fourth-order valence-electron chi connectivity index (χ4n) is 3.66. The first kappa shape index (κ1) is 18.9. The maximum atomic E-state index is 12.9. The molecule has 0 saturated carbocycles. The van der Waals surface area contributed by atoms with E-state index < -0.39 is 6.04 Å². The van der Waals surface area contributed by atoms with Gasteiger partial charge < -0.3 is 10.2 Å². The predicted octanol–water partition coefficient (Wildman–Crippen LogP) is 1.92. The van der Waals surface area contributed by atoms with Crippen molar-refractivity contribution < 1.29 is 9.59 Å². The van der Waals surface area contributed by atoms with E-state index >= 15 is 0 Å². The van der Waals surface area contributed by atoms with Gasteiger partial charge in [-0.05, 0) is 22.3 Å². The van der Waals surface area contributed by atoms with Gasteiger partial charge >= 0.3 is 0 Å². The summed E-state index contributed by atoms with van der Waals surface area (Å²) in [7, 11) is 0. The smallest absolute Gasteiger partial charge is 0.243 e. The number of amides is 2. The summed E-state index contributed by atoms with van der Waals surface area (Å²) in [4.78, 5) is 30.5. The van der Waals surface area contributed by atoms with Gasteiger partial charge in [-0.1, -0.05) is 48.5 Å². The average Bonchev–Trinajstić information content (AvgIpc) is 3.25. The number of nitrogens with one attached hydrogen (secondary N) is 1. The summed E-state index contributed by atoms with van der Waals surface area (Å²) in [6.07, 6.45) is 3.73. The van der Waals surface area contributed by atoms with Crippen molar-refractivity contribution >= 4 is 11.8 Å². The zero-order valence-corrected chi connectivity index (χ0v) is 16.3. The summed E-state index contributed by atoms with van der Waals surface area (Å²) in [5, 5.41) is 7.09. The zero-order valence-electron chi connectivity index (χ0n) is 16.3. The molecule has 0 fully saturated rings. The van der Waals surface area contributed by atoms with Crippen LogP contribution < -0.4 is 5.32 Å². The highest BCUT2D eigenvalue weighted by atomic mass is 16.2. The van der Waals surface area contributed by atoms with E-state index in [0.717, 1.165) is 22.3 Å². The van der Waals surface area contributed by atoms with Crippen molar-refractivity contribution in [3.05, 3.63) is 83.4 Å². The molecule has 29 heavy (non-hydrogen) atoms. The molecule has 0 bridgehead atoms. The normalized spacial score (nSPS) is 15.6. The van der Waals surface area contributed by atoms with Crippen molar-refractivity contribution in [2.75, 3.05) is 0 Å². The average molecular weight is 389 g/mol. The van der Waals surface area contributed by atoms with E-state index in [1.54, 1.807) is 15.9 Å². The number of benzene rings is 2. The summed E-state index contributed by atoms with van der Waals surface area (Å²) in [6.45, 7) is 3.07. The Morgan fingerprint density at radius 2 is 1.79 bits per heavy atom. The molecule has 1 aliphatic rings. The molecule has 148 valence electrons. The van der Waals surface area contributed by atoms with E-state index in [1.165, 1.54) is 13.3 Å². The minimum absolute atomic E-state index is 0.0860. The van der Waals surface area contributed by atoms with Crippen LogP contribution in [0.3, 0.4) is 0 Å². The number of carbonyl (C=O) groups excluding carboxylic acids is 2. The highest BCUT2D eigenvalue weighted by molar-refractivity contribution is 5.87. The van der Waals surface area contributed by atoms with Crippen molar-refractivity contribution in [2.24, 2.45) is 0 Å². The Kier molecular flexibility index (Phi) is 5.37. The van der Waals surface area contributed by atoms with Gasteiger partial charge in [-0.2, -0.15) is 5.10 Å². The number of carbonyl (C=O) groups is 2. The maximum Gasteiger partial charge on any atom is 0.243 e. The Bertz CT molecular complexity index is 998. The second-order valence-electron chi connectivity index (χ2n) is 7.26. The van der Waals surface area contributed by atoms with Crippen LogP contribution in [0.5, 0.6) is 0 Å². The minimum atomic E-state index is -0.478. The van der Waals surface area contributed by atoms with Crippen LogP contribution in [0.4, 0.5) is 0 Å². The third kappa shape index (κ3) is 4.34. The zero-order chi connectivity index (χ0) is 20.2. The second-order valence-corrected chi connectivity index (χ2v) is 7.26. The molecular formula is C22H23N5O2. The molecule has 1 atom stereocenters. The number of nitrogens with zero attached hydrogens (tertiary/aromatic N) is 4. The quantitative estimate of drug-likeness (QED) is 0.723. The standard InChI is InChI=1S/C22H23N5O2/c1-16(28)27-13-20-5-3-2-4-19(20)10-21(27)22(29)24-11-17-6-8-18(9-7-17)12-26-15-23-14-25-26/h2-9,14-15,21H,10-13H2,1H3,(H,24,29)/t21-/m1/s1. The Labute approximate surface area is 169 Å². The molecule has 2 heterocycles. The lowest BCUT2D eigenvalue weighted by molar-refractivity contribution is -0.140. The second kappa shape index (κ2) is 8.26. The Balaban J connectivity index is 1.39. The lowest BCUT2D eigenvalue weighted by Gasteiger charge is -2.35. The van der Waals surface area contributed by atoms with Crippen LogP contribution in [0.2, 0.25) is 0 Å². The van der Waals surface area contributed by atoms with Crippen LogP contribution in [0, 0.1) is 0 Å². The molecule has 0 aliphatic carbocycles. The van der Waals surface area contributed by atoms with Gasteiger partial charge in [0.2, 0.25) is 11.8 Å². The molecule has 0 saturated heterocycles. The van der Waals surface area contributed by atoms with Crippen LogP contribution in [0.15, 0.2) is 61.2 Å². The molecule has 0 unspecified atom stereocenters. The molecule has 1 aliphatic heterocycles. The van der Waals surface area contributed by atoms with Gasteiger partial charge in [0.05, 0.1) is 6.54 Å². The van der Waals surface area contributed by atoms with E-state index in [-0.39, 0.29) is 11.8 Å². The highest BCUT2D eigenvalue weighted by Crippen LogP contribution is 2.23. The van der Waals surface area contributed by atoms with Crippen molar-refractivity contribution in [2.45, 2.75) is 39.0 Å². The molecule has 1 N–H and O–H groups in total. The lowest BCUT2D eigenvalue weighted by atomic mass is 9.93. The fourth-order valence-corrected chi connectivity index (χ4v) is 3.66. The Morgan fingerprint density at radius 1 is 1.07 bits per heavy atom. The van der Waals surface area contributed by atoms with Gasteiger partial charge in [-0.25, -0.2) is 9.67 Å². The van der Waals surface area contributed by atoms with E-state index in [4.69, 9.17) is 0 Å². The third-order valence-electron chi connectivity index (χ3n) is 5.26. The van der Waals surface area contributed by atoms with E-state index in [2.05, 4.69) is 15.4 Å². The number of fused-ring (bicyclic) bond motifs is 1. The Morgan fingerprint density at radius 3 is 2.48 bits per heavy atom. The van der Waals surface area contributed by atoms with Crippen LogP contribution in [0.25, 0.3) is 0 Å². The summed E-state index contributed by atoms with van der Waals surface area (Å²) in [5.41, 5.74) is 4.35. The molecular weight excluding hydrogens is 366 g/mol. The van der Waals surface area contributed by atoms with Gasteiger partial charge in [0.1, 0.15) is 18.7 Å². The molecule has 7 nitrogen and oxygen atoms in total. The van der Waals surface area contributed by atoms with Crippen LogP contribution in [-0.2, 0) is 35.6 Å². The predicted molar refractivity (Wildman–Crippen MR) is 108 cm³/mol. The first-order valence-electron chi connectivity index (χ1n) is 9.62. The van der Waals surface area contributed by atoms with E-state index in [9.17, 15) is 9.59 Å². The van der Waals surface area contributed by atoms with Gasteiger partial charge in [-0.15, -0.1) is 0 Å². The summed E-state index contributed by atoms with van der Waals surface area (Å²) in [6, 6.07) is 15.5. The first-order chi connectivity index (χ1) is 14.1. The first-order valence-corrected chi connectivity index (χ1v) is 9.62. The number of hydrogen-bond donors (Lipinski definition) is 1. The summed E-state index contributed by atoms with van der Waals surface area (Å²) >= 11 is 0. The molecule has 4 rings (SSSR count). The maximum absolute atomic E-state index is 12.9. The largest absolute Gasteiger partial charge is 0.350 e. The van der Waals surface area contributed by atoms with Gasteiger partial charge in [0.15, 0.2) is 0 Å². The fraction of sp³-hybridized carbons (Fsp3) is 0.273. The molecule has 0 radical (unpaired) electrons. The monoisotopic (exact) mass is 389 g/mol. The van der Waals surface area contributed by atoms with Crippen LogP contribution in [-0.4, -0.2) is 37.5 Å². The van der Waals surface area contributed by atoms with Gasteiger partial charge in [0.25, 0.3) is 0 Å². The molecule has 2 amide bonds. The van der Waals surface area contributed by atoms with E-state index in [0.29, 0.717) is 26.1 Å². The number of aromatic nitrogens is 3. The minimum Gasteiger partial charge on any atom is -0.350 e. The SMILES string of the molecule is CC(=O)N1Cc2ccccc2C[C@@H]1C(=O)NCc1ccc(Cn2cncn2)cc1. The molecule has 3 aromatic rings.